The second-order valence-corrected chi connectivity index (χ2v) is 9.82. The van der Waals surface area contributed by atoms with Gasteiger partial charge in [-0.3, -0.25) is 14.2 Å². The second kappa shape index (κ2) is 10.1. The molecule has 1 aliphatic rings. The van der Waals surface area contributed by atoms with E-state index in [1.54, 1.807) is 56.5 Å². The van der Waals surface area contributed by atoms with Crippen molar-refractivity contribution in [3.63, 3.8) is 0 Å². The molecule has 0 bridgehead atoms. The Bertz CT molecular complexity index is 1710. The standard InChI is InChI=1S/C28H22ClN3O4S/c1-16-24(26(34)31-20-6-4-3-5-7-20)25(17-8-11-21(36-2)12-9-17)32-27(35)23(37-28(32)30-16)15-18-14-19(29)10-13-22(18)33/h3-15,25,33H,1-2H3,(H,31,34)/b23-15+. The Morgan fingerprint density at radius 2 is 1.86 bits per heavy atom. The summed E-state index contributed by atoms with van der Waals surface area (Å²) in [5.74, 6) is 0.305. The zero-order chi connectivity index (χ0) is 26.1. The maximum absolute atomic E-state index is 13.7. The molecular weight excluding hydrogens is 510 g/mol. The Labute approximate surface area is 221 Å². The van der Waals surface area contributed by atoms with Crippen LogP contribution in [0.1, 0.15) is 24.1 Å². The van der Waals surface area contributed by atoms with Crippen LogP contribution in [0.25, 0.3) is 6.08 Å². The van der Waals surface area contributed by atoms with Gasteiger partial charge in [-0.1, -0.05) is 53.3 Å². The van der Waals surface area contributed by atoms with Crippen molar-refractivity contribution in [2.45, 2.75) is 13.0 Å². The lowest BCUT2D eigenvalue weighted by molar-refractivity contribution is -0.113. The topological polar surface area (TPSA) is 92.9 Å². The molecule has 0 saturated heterocycles. The first kappa shape index (κ1) is 24.5. The number of halogens is 1. The first-order valence-electron chi connectivity index (χ1n) is 11.4. The summed E-state index contributed by atoms with van der Waals surface area (Å²) in [6.45, 7) is 1.76. The summed E-state index contributed by atoms with van der Waals surface area (Å²) in [7, 11) is 1.58. The zero-order valence-corrected chi connectivity index (χ0v) is 21.5. The van der Waals surface area contributed by atoms with Crippen molar-refractivity contribution in [3.05, 3.63) is 120 Å². The molecule has 3 aromatic carbocycles. The van der Waals surface area contributed by atoms with E-state index in [-0.39, 0.29) is 17.2 Å². The molecule has 0 aliphatic carbocycles. The van der Waals surface area contributed by atoms with Crippen LogP contribution in [0.3, 0.4) is 0 Å². The van der Waals surface area contributed by atoms with Crippen LogP contribution in [0, 0.1) is 0 Å². The molecule has 2 N–H and O–H groups in total. The number of amides is 1. The van der Waals surface area contributed by atoms with Crippen molar-refractivity contribution in [3.8, 4) is 11.5 Å². The fourth-order valence-electron chi connectivity index (χ4n) is 4.22. The number of ether oxygens (including phenoxy) is 1. The third-order valence-electron chi connectivity index (χ3n) is 6.01. The van der Waals surface area contributed by atoms with Gasteiger partial charge < -0.3 is 15.2 Å². The summed E-state index contributed by atoms with van der Waals surface area (Å²) >= 11 is 7.28. The van der Waals surface area contributed by atoms with Crippen LogP contribution >= 0.6 is 22.9 Å². The van der Waals surface area contributed by atoms with Crippen molar-refractivity contribution in [2.75, 3.05) is 12.4 Å². The fraction of sp³-hybridized carbons (Fsp3) is 0.107. The Morgan fingerprint density at radius 1 is 1.14 bits per heavy atom. The normalized spacial score (nSPS) is 15.2. The van der Waals surface area contributed by atoms with Gasteiger partial charge in [0.25, 0.3) is 11.5 Å². The molecule has 0 radical (unpaired) electrons. The molecule has 5 rings (SSSR count). The molecule has 186 valence electrons. The molecule has 0 spiro atoms. The number of fused-ring (bicyclic) bond motifs is 1. The number of carbonyl (C=O) groups excluding carboxylic acids is 1. The van der Waals surface area contributed by atoms with E-state index in [2.05, 4.69) is 10.3 Å². The second-order valence-electron chi connectivity index (χ2n) is 8.38. The van der Waals surface area contributed by atoms with Crippen molar-refractivity contribution >= 4 is 40.6 Å². The molecule has 0 saturated carbocycles. The molecule has 4 aromatic rings. The van der Waals surface area contributed by atoms with E-state index < -0.39 is 6.04 Å². The molecule has 1 atom stereocenters. The van der Waals surface area contributed by atoms with E-state index in [9.17, 15) is 14.7 Å². The summed E-state index contributed by atoms with van der Waals surface area (Å²) < 4.78 is 7.17. The predicted octanol–water partition coefficient (Wildman–Crippen LogP) is 4.24. The lowest BCUT2D eigenvalue weighted by Crippen LogP contribution is -2.40. The Balaban J connectivity index is 1.69. The highest BCUT2D eigenvalue weighted by molar-refractivity contribution is 7.07. The van der Waals surface area contributed by atoms with E-state index in [0.717, 1.165) is 5.56 Å². The molecule has 1 unspecified atom stereocenters. The van der Waals surface area contributed by atoms with E-state index in [1.807, 2.05) is 30.3 Å². The number of allylic oxidation sites excluding steroid dienone is 1. The quantitative estimate of drug-likeness (QED) is 0.403. The number of aromatic nitrogens is 1. The Kier molecular flexibility index (Phi) is 6.69. The molecule has 0 fully saturated rings. The molecule has 37 heavy (non-hydrogen) atoms. The summed E-state index contributed by atoms with van der Waals surface area (Å²) in [6.07, 6.45) is 1.58. The minimum Gasteiger partial charge on any atom is -0.507 e. The number of benzene rings is 3. The summed E-state index contributed by atoms with van der Waals surface area (Å²) in [6, 6.07) is 20.3. The van der Waals surface area contributed by atoms with Crippen LogP contribution in [-0.2, 0) is 4.79 Å². The number of hydrogen-bond donors (Lipinski definition) is 2. The van der Waals surface area contributed by atoms with E-state index in [1.165, 1.54) is 22.0 Å². The van der Waals surface area contributed by atoms with Crippen LogP contribution in [-0.4, -0.2) is 22.7 Å². The number of phenolic OH excluding ortho intramolecular Hbond substituents is 1. The van der Waals surface area contributed by atoms with Crippen molar-refractivity contribution < 1.29 is 14.6 Å². The van der Waals surface area contributed by atoms with Gasteiger partial charge in [0.15, 0.2) is 4.80 Å². The van der Waals surface area contributed by atoms with Crippen LogP contribution in [0.4, 0.5) is 5.69 Å². The number of thiazole rings is 1. The highest BCUT2D eigenvalue weighted by atomic mass is 35.5. The number of para-hydroxylation sites is 1. The third kappa shape index (κ3) is 4.81. The molecule has 1 aromatic heterocycles. The van der Waals surface area contributed by atoms with Crippen molar-refractivity contribution in [1.82, 2.24) is 4.57 Å². The molecule has 2 heterocycles. The van der Waals surface area contributed by atoms with Crippen molar-refractivity contribution in [2.24, 2.45) is 4.99 Å². The maximum atomic E-state index is 13.7. The first-order chi connectivity index (χ1) is 17.9. The van der Waals surface area contributed by atoms with Gasteiger partial charge in [0.2, 0.25) is 0 Å². The number of anilines is 1. The SMILES string of the molecule is COc1ccc(C2C(C(=O)Nc3ccccc3)=C(C)N=c3s/c(=C/c4cc(Cl)ccc4O)c(=O)n32)cc1. The number of hydrogen-bond acceptors (Lipinski definition) is 6. The van der Waals surface area contributed by atoms with Gasteiger partial charge in [-0.25, -0.2) is 4.99 Å². The summed E-state index contributed by atoms with van der Waals surface area (Å²) in [4.78, 5) is 32.4. The van der Waals surface area contributed by atoms with Gasteiger partial charge in [0.1, 0.15) is 11.5 Å². The van der Waals surface area contributed by atoms with Gasteiger partial charge in [-0.05, 0) is 61.0 Å². The van der Waals surface area contributed by atoms with Gasteiger partial charge in [-0.2, -0.15) is 0 Å². The van der Waals surface area contributed by atoms with Gasteiger partial charge in [0.05, 0.1) is 29.0 Å². The van der Waals surface area contributed by atoms with Crippen molar-refractivity contribution in [1.29, 1.82) is 0 Å². The molecule has 1 amide bonds. The number of methoxy groups -OCH3 is 1. The minimum atomic E-state index is -0.721. The number of nitrogens with zero attached hydrogens (tertiary/aromatic N) is 2. The van der Waals surface area contributed by atoms with Gasteiger partial charge in [0, 0.05) is 16.3 Å². The first-order valence-corrected chi connectivity index (χ1v) is 12.6. The van der Waals surface area contributed by atoms with E-state index >= 15 is 0 Å². The average Bonchev–Trinajstić information content (AvgIpc) is 3.20. The lowest BCUT2D eigenvalue weighted by atomic mass is 9.95. The summed E-state index contributed by atoms with van der Waals surface area (Å²) in [5, 5.41) is 13.6. The van der Waals surface area contributed by atoms with E-state index in [0.29, 0.717) is 42.6 Å². The molecule has 7 nitrogen and oxygen atoms in total. The van der Waals surface area contributed by atoms with Crippen LogP contribution in [0.5, 0.6) is 11.5 Å². The monoisotopic (exact) mass is 531 g/mol. The minimum absolute atomic E-state index is 0.000971. The maximum Gasteiger partial charge on any atom is 0.271 e. The third-order valence-corrected chi connectivity index (χ3v) is 7.22. The number of nitrogens with one attached hydrogen (secondary N) is 1. The lowest BCUT2D eigenvalue weighted by Gasteiger charge is -2.25. The number of aromatic hydroxyl groups is 1. The zero-order valence-electron chi connectivity index (χ0n) is 19.9. The highest BCUT2D eigenvalue weighted by Crippen LogP contribution is 2.32. The molecule has 1 aliphatic heterocycles. The smallest absolute Gasteiger partial charge is 0.271 e. The van der Waals surface area contributed by atoms with Crippen LogP contribution in [0.2, 0.25) is 5.02 Å². The Morgan fingerprint density at radius 3 is 2.57 bits per heavy atom. The largest absolute Gasteiger partial charge is 0.507 e. The summed E-state index contributed by atoms with van der Waals surface area (Å²) in [5.41, 5.74) is 2.31. The van der Waals surface area contributed by atoms with Crippen LogP contribution < -0.4 is 24.9 Å². The van der Waals surface area contributed by atoms with E-state index in [4.69, 9.17) is 16.3 Å². The predicted molar refractivity (Wildman–Crippen MR) is 145 cm³/mol. The molecule has 9 heteroatoms. The number of rotatable bonds is 5. The van der Waals surface area contributed by atoms with Crippen LogP contribution in [0.15, 0.2) is 93.9 Å². The Hall–Kier alpha value is -4.14. The average molecular weight is 532 g/mol. The van der Waals surface area contributed by atoms with Gasteiger partial charge >= 0.3 is 0 Å². The number of carbonyl (C=O) groups is 1. The van der Waals surface area contributed by atoms with Gasteiger partial charge in [-0.15, -0.1) is 0 Å². The highest BCUT2D eigenvalue weighted by Gasteiger charge is 2.32. The molecular formula is C28H22ClN3O4S. The fourth-order valence-corrected chi connectivity index (χ4v) is 5.43. The number of phenols is 1.